The van der Waals surface area contributed by atoms with E-state index in [1.807, 2.05) is 20.8 Å². The van der Waals surface area contributed by atoms with Crippen LogP contribution < -0.4 is 0 Å². The van der Waals surface area contributed by atoms with E-state index in [2.05, 4.69) is 11.7 Å². The van der Waals surface area contributed by atoms with E-state index in [0.717, 1.165) is 11.3 Å². The Morgan fingerprint density at radius 2 is 2.04 bits per heavy atom. The summed E-state index contributed by atoms with van der Waals surface area (Å²) in [6.07, 6.45) is 0.136. The molecule has 0 atom stereocenters. The number of ether oxygens (including phenoxy) is 2. The van der Waals surface area contributed by atoms with Crippen LogP contribution in [0.1, 0.15) is 49.4 Å². The van der Waals surface area contributed by atoms with Gasteiger partial charge in [0.2, 0.25) is 0 Å². The number of hydrogen-bond acceptors (Lipinski definition) is 5. The molecule has 1 amide bonds. The Morgan fingerprint density at radius 1 is 1.35 bits per heavy atom. The minimum atomic E-state index is -0.580. The third-order valence-corrected chi connectivity index (χ3v) is 4.16. The summed E-state index contributed by atoms with van der Waals surface area (Å²) in [5.41, 5.74) is 1.99. The van der Waals surface area contributed by atoms with Crippen molar-refractivity contribution < 1.29 is 19.1 Å². The lowest BCUT2D eigenvalue weighted by Crippen LogP contribution is -2.40. The minimum Gasteiger partial charge on any atom is -0.461 e. The first-order valence-corrected chi connectivity index (χ1v) is 9.16. The van der Waals surface area contributed by atoms with E-state index in [-0.39, 0.29) is 19.0 Å². The van der Waals surface area contributed by atoms with Gasteiger partial charge in [0.1, 0.15) is 5.60 Å². The van der Waals surface area contributed by atoms with Crippen LogP contribution in [0.5, 0.6) is 0 Å². The van der Waals surface area contributed by atoms with Crippen LogP contribution in [0, 0.1) is 0 Å². The van der Waals surface area contributed by atoms with Crippen molar-refractivity contribution in [1.82, 2.24) is 14.7 Å². The molecule has 1 aromatic rings. The molecular weight excluding hydrogens is 358 g/mol. The second-order valence-electron chi connectivity index (χ2n) is 7.19. The number of allylic oxidation sites excluding steroid dienone is 1. The number of amides is 1. The number of alkyl halides is 1. The lowest BCUT2D eigenvalue weighted by Gasteiger charge is -2.29. The van der Waals surface area contributed by atoms with Gasteiger partial charge in [-0.2, -0.15) is 5.10 Å². The van der Waals surface area contributed by atoms with Crippen molar-refractivity contribution in [1.29, 1.82) is 0 Å². The largest absolute Gasteiger partial charge is 0.461 e. The maximum absolute atomic E-state index is 12.5. The summed E-state index contributed by atoms with van der Waals surface area (Å²) in [6.45, 7) is 12.4. The van der Waals surface area contributed by atoms with Gasteiger partial charge in [-0.1, -0.05) is 6.58 Å². The smallest absolute Gasteiger partial charge is 0.410 e. The highest BCUT2D eigenvalue weighted by Crippen LogP contribution is 2.25. The Balaban J connectivity index is 2.33. The molecule has 0 saturated carbocycles. The predicted molar refractivity (Wildman–Crippen MR) is 98.4 cm³/mol. The molecule has 1 aromatic heterocycles. The fourth-order valence-corrected chi connectivity index (χ4v) is 2.79. The first kappa shape index (κ1) is 20.3. The molecule has 0 fully saturated rings. The highest BCUT2D eigenvalue weighted by Gasteiger charge is 2.32. The van der Waals surface area contributed by atoms with Crippen LogP contribution in [0.15, 0.2) is 12.2 Å². The van der Waals surface area contributed by atoms with Crippen LogP contribution >= 0.6 is 11.6 Å². The molecule has 2 heterocycles. The number of carbonyl (C=O) groups excluding carboxylic acids is 2. The maximum atomic E-state index is 12.5. The fraction of sp³-hybridized carbons (Fsp3) is 0.611. The molecule has 144 valence electrons. The summed E-state index contributed by atoms with van der Waals surface area (Å²) in [6, 6.07) is 0. The molecule has 1 aliphatic rings. The number of nitrogens with zero attached hydrogens (tertiary/aromatic N) is 3. The predicted octanol–water partition coefficient (Wildman–Crippen LogP) is 3.15. The lowest BCUT2D eigenvalue weighted by atomic mass is 10.1. The van der Waals surface area contributed by atoms with Gasteiger partial charge >= 0.3 is 12.1 Å². The van der Waals surface area contributed by atoms with E-state index in [4.69, 9.17) is 21.1 Å². The van der Waals surface area contributed by atoms with Crippen LogP contribution in [-0.4, -0.2) is 51.4 Å². The second kappa shape index (κ2) is 8.12. The van der Waals surface area contributed by atoms with Crippen molar-refractivity contribution >= 4 is 23.7 Å². The Hall–Kier alpha value is -2.02. The van der Waals surface area contributed by atoms with E-state index in [1.165, 1.54) is 0 Å². The molecule has 0 bridgehead atoms. The molecule has 2 rings (SSSR count). The molecule has 0 saturated heterocycles. The van der Waals surface area contributed by atoms with Crippen molar-refractivity contribution in [2.75, 3.05) is 19.0 Å². The van der Waals surface area contributed by atoms with Gasteiger partial charge in [-0.3, -0.25) is 4.68 Å². The molecule has 0 aliphatic carbocycles. The van der Waals surface area contributed by atoms with Gasteiger partial charge in [0, 0.05) is 24.4 Å². The Labute approximate surface area is 158 Å². The summed E-state index contributed by atoms with van der Waals surface area (Å²) in [5.74, 6) is -0.189. The highest BCUT2D eigenvalue weighted by molar-refractivity contribution is 6.19. The lowest BCUT2D eigenvalue weighted by molar-refractivity contribution is 0.0220. The number of esters is 1. The Kier molecular flexibility index (Phi) is 6.34. The fourth-order valence-electron chi connectivity index (χ4n) is 2.71. The normalized spacial score (nSPS) is 14.0. The molecular formula is C18H26ClN3O4. The van der Waals surface area contributed by atoms with E-state index in [1.54, 1.807) is 16.5 Å². The number of carbonyl (C=O) groups is 2. The Bertz CT molecular complexity index is 706. The zero-order chi connectivity index (χ0) is 19.5. The zero-order valence-electron chi connectivity index (χ0n) is 15.8. The van der Waals surface area contributed by atoms with E-state index in [0.29, 0.717) is 30.8 Å². The van der Waals surface area contributed by atoms with Gasteiger partial charge in [0.15, 0.2) is 5.69 Å². The van der Waals surface area contributed by atoms with Gasteiger partial charge < -0.3 is 14.4 Å². The highest BCUT2D eigenvalue weighted by atomic mass is 35.5. The number of rotatable bonds is 5. The molecule has 0 spiro atoms. The van der Waals surface area contributed by atoms with Crippen molar-refractivity contribution in [2.24, 2.45) is 0 Å². The number of aromatic nitrogens is 2. The second-order valence-corrected chi connectivity index (χ2v) is 7.45. The van der Waals surface area contributed by atoms with E-state index >= 15 is 0 Å². The van der Waals surface area contributed by atoms with E-state index < -0.39 is 17.7 Å². The monoisotopic (exact) mass is 383 g/mol. The number of hydrogen-bond donors (Lipinski definition) is 0. The van der Waals surface area contributed by atoms with Gasteiger partial charge in [0.25, 0.3) is 0 Å². The molecule has 0 radical (unpaired) electrons. The summed E-state index contributed by atoms with van der Waals surface area (Å²) < 4.78 is 12.2. The first-order chi connectivity index (χ1) is 12.2. The molecule has 0 aromatic carbocycles. The summed E-state index contributed by atoms with van der Waals surface area (Å²) in [4.78, 5) is 26.5. The van der Waals surface area contributed by atoms with Crippen molar-refractivity contribution in [3.05, 3.63) is 29.1 Å². The average Bonchev–Trinajstić information content (AvgIpc) is 2.90. The third kappa shape index (κ3) is 4.78. The molecule has 0 unspecified atom stereocenters. The van der Waals surface area contributed by atoms with Crippen LogP contribution in [0.25, 0.3) is 0 Å². The minimum absolute atomic E-state index is 0.255. The van der Waals surface area contributed by atoms with Crippen LogP contribution in [0.3, 0.4) is 0 Å². The molecule has 8 heteroatoms. The maximum Gasteiger partial charge on any atom is 0.410 e. The van der Waals surface area contributed by atoms with Crippen molar-refractivity contribution in [3.8, 4) is 0 Å². The first-order valence-electron chi connectivity index (χ1n) is 8.62. The van der Waals surface area contributed by atoms with Crippen LogP contribution in [0.4, 0.5) is 4.79 Å². The average molecular weight is 384 g/mol. The third-order valence-electron chi connectivity index (χ3n) is 3.78. The molecule has 26 heavy (non-hydrogen) atoms. The van der Waals surface area contributed by atoms with Gasteiger partial charge in [-0.05, 0) is 33.3 Å². The Morgan fingerprint density at radius 3 is 2.62 bits per heavy atom. The van der Waals surface area contributed by atoms with Gasteiger partial charge in [0.05, 0.1) is 25.4 Å². The quantitative estimate of drug-likeness (QED) is 0.443. The van der Waals surface area contributed by atoms with Crippen molar-refractivity contribution in [2.45, 2.75) is 52.8 Å². The zero-order valence-corrected chi connectivity index (χ0v) is 16.6. The van der Waals surface area contributed by atoms with Crippen LogP contribution in [0.2, 0.25) is 0 Å². The SMILES string of the molecule is C=C(CCl)Cn1nc2c(c1C(=O)OCC)CN(C(=O)OC(C)(C)C)CC2. The van der Waals surface area contributed by atoms with Crippen molar-refractivity contribution in [3.63, 3.8) is 0 Å². The van der Waals surface area contributed by atoms with E-state index in [9.17, 15) is 9.59 Å². The van der Waals surface area contributed by atoms with Gasteiger partial charge in [-0.15, -0.1) is 11.6 Å². The number of fused-ring (bicyclic) bond motifs is 1. The number of halogens is 1. The summed E-state index contributed by atoms with van der Waals surface area (Å²) in [7, 11) is 0. The molecule has 0 N–H and O–H groups in total. The summed E-state index contributed by atoms with van der Waals surface area (Å²) >= 11 is 5.82. The van der Waals surface area contributed by atoms with Crippen LogP contribution in [-0.2, 0) is 29.0 Å². The standard InChI is InChI=1S/C18H26ClN3O4/c1-6-25-16(23)15-13-11-21(17(24)26-18(3,4)5)8-7-14(13)20-22(15)10-12(2)9-19/h2,6-11H2,1,3-5H3. The molecule has 1 aliphatic heterocycles. The summed E-state index contributed by atoms with van der Waals surface area (Å²) in [5, 5.41) is 4.53. The van der Waals surface area contributed by atoms with Gasteiger partial charge in [-0.25, -0.2) is 9.59 Å². The topological polar surface area (TPSA) is 73.7 Å². The molecule has 7 nitrogen and oxygen atoms in total.